The van der Waals surface area contributed by atoms with E-state index in [0.29, 0.717) is 16.9 Å². The topological polar surface area (TPSA) is 52.6 Å². The van der Waals surface area contributed by atoms with Crippen molar-refractivity contribution in [2.45, 2.75) is 0 Å². The highest BCUT2D eigenvalue weighted by Gasteiger charge is 2.22. The minimum Gasteiger partial charge on any atom is -0.465 e. The lowest BCUT2D eigenvalue weighted by Gasteiger charge is -2.05. The van der Waals surface area contributed by atoms with E-state index in [1.807, 2.05) is 42.5 Å². The number of hydrogen-bond acceptors (Lipinski definition) is 4. The molecule has 0 N–H and O–H groups in total. The number of cyclic esters (lactones) is 1. The van der Waals surface area contributed by atoms with Crippen LogP contribution < -0.4 is 0 Å². The molecule has 0 bridgehead atoms. The molecule has 3 aromatic rings. The molecule has 0 aliphatic carbocycles. The second-order valence-corrected chi connectivity index (χ2v) is 6.55. The lowest BCUT2D eigenvalue weighted by atomic mass is 10.0. The van der Waals surface area contributed by atoms with Crippen LogP contribution in [0.1, 0.15) is 21.5 Å². The number of carbonyl (C=O) groups is 2. The van der Waals surface area contributed by atoms with E-state index in [1.165, 1.54) is 7.11 Å². The molecule has 0 spiro atoms. The number of esters is 2. The Morgan fingerprint density at radius 1 is 0.828 bits per heavy atom. The molecule has 0 radical (unpaired) electrons. The fourth-order valence-corrected chi connectivity index (χ4v) is 3.10. The number of carbonyl (C=O) groups excluding carboxylic acids is 2. The lowest BCUT2D eigenvalue weighted by Crippen LogP contribution is -2.00. The first-order valence-electron chi connectivity index (χ1n) is 9.14. The van der Waals surface area contributed by atoms with E-state index in [0.717, 1.165) is 22.3 Å². The zero-order valence-electron chi connectivity index (χ0n) is 15.8. The highest BCUT2D eigenvalue weighted by atomic mass is 16.5. The zero-order valence-corrected chi connectivity index (χ0v) is 15.8. The summed E-state index contributed by atoms with van der Waals surface area (Å²) in [5.41, 5.74) is 4.77. The molecule has 0 aromatic heterocycles. The van der Waals surface area contributed by atoms with E-state index in [1.54, 1.807) is 36.4 Å². The van der Waals surface area contributed by atoms with Gasteiger partial charge < -0.3 is 9.47 Å². The SMILES string of the molecule is COC(=O)c1ccc(/C=C2\C=C(c3ccc(-c4ccccc4)cc3)OC2=O)cc1. The number of hydrogen-bond donors (Lipinski definition) is 0. The van der Waals surface area contributed by atoms with Gasteiger partial charge in [0.1, 0.15) is 5.76 Å². The quantitative estimate of drug-likeness (QED) is 0.464. The van der Waals surface area contributed by atoms with Gasteiger partial charge in [0.25, 0.3) is 0 Å². The van der Waals surface area contributed by atoms with E-state index in [2.05, 4.69) is 16.9 Å². The van der Waals surface area contributed by atoms with Crippen LogP contribution in [-0.2, 0) is 14.3 Å². The molecule has 0 amide bonds. The molecular formula is C25H18O4. The van der Waals surface area contributed by atoms with Crippen molar-refractivity contribution < 1.29 is 19.1 Å². The Morgan fingerprint density at radius 3 is 2.10 bits per heavy atom. The molecule has 0 fully saturated rings. The number of methoxy groups -OCH3 is 1. The van der Waals surface area contributed by atoms with E-state index in [9.17, 15) is 9.59 Å². The van der Waals surface area contributed by atoms with Gasteiger partial charge in [-0.3, -0.25) is 0 Å². The zero-order chi connectivity index (χ0) is 20.2. The van der Waals surface area contributed by atoms with Gasteiger partial charge in [0.05, 0.1) is 18.2 Å². The second kappa shape index (κ2) is 7.98. The first kappa shape index (κ1) is 18.4. The van der Waals surface area contributed by atoms with Crippen molar-refractivity contribution in [3.05, 3.63) is 107 Å². The first-order chi connectivity index (χ1) is 14.1. The summed E-state index contributed by atoms with van der Waals surface area (Å²) in [5, 5.41) is 0. The van der Waals surface area contributed by atoms with Crippen molar-refractivity contribution in [2.24, 2.45) is 0 Å². The molecule has 1 aliphatic rings. The van der Waals surface area contributed by atoms with Crippen LogP contribution in [0.4, 0.5) is 0 Å². The van der Waals surface area contributed by atoms with Gasteiger partial charge in [-0.05, 0) is 41.0 Å². The van der Waals surface area contributed by atoms with Crippen LogP contribution in [0.3, 0.4) is 0 Å². The summed E-state index contributed by atoms with van der Waals surface area (Å²) in [4.78, 5) is 23.8. The minimum absolute atomic E-state index is 0.398. The number of rotatable bonds is 4. The van der Waals surface area contributed by atoms with E-state index in [4.69, 9.17) is 4.74 Å². The van der Waals surface area contributed by atoms with Crippen LogP contribution in [-0.4, -0.2) is 19.0 Å². The average molecular weight is 382 g/mol. The van der Waals surface area contributed by atoms with E-state index < -0.39 is 11.9 Å². The maximum absolute atomic E-state index is 12.3. The van der Waals surface area contributed by atoms with Crippen LogP contribution >= 0.6 is 0 Å². The van der Waals surface area contributed by atoms with Gasteiger partial charge in [-0.2, -0.15) is 0 Å². The molecule has 0 unspecified atom stereocenters. The summed E-state index contributed by atoms with van der Waals surface area (Å²) in [6.45, 7) is 0. The van der Waals surface area contributed by atoms with Crippen molar-refractivity contribution in [1.82, 2.24) is 0 Å². The molecule has 1 aliphatic heterocycles. The van der Waals surface area contributed by atoms with Crippen molar-refractivity contribution in [3.8, 4) is 11.1 Å². The van der Waals surface area contributed by atoms with Crippen LogP contribution in [0, 0.1) is 0 Å². The highest BCUT2D eigenvalue weighted by molar-refractivity contribution is 6.05. The maximum Gasteiger partial charge on any atom is 0.343 e. The predicted molar refractivity (Wildman–Crippen MR) is 112 cm³/mol. The molecule has 4 rings (SSSR count). The third kappa shape index (κ3) is 4.01. The van der Waals surface area contributed by atoms with Crippen LogP contribution in [0.15, 0.2) is 90.5 Å². The van der Waals surface area contributed by atoms with Crippen molar-refractivity contribution in [1.29, 1.82) is 0 Å². The fraction of sp³-hybridized carbons (Fsp3) is 0.0400. The molecule has 0 saturated carbocycles. The predicted octanol–water partition coefficient (Wildman–Crippen LogP) is 5.12. The second-order valence-electron chi connectivity index (χ2n) is 6.55. The Bertz CT molecular complexity index is 1110. The molecule has 3 aromatic carbocycles. The normalized spacial score (nSPS) is 14.4. The number of ether oxygens (including phenoxy) is 2. The van der Waals surface area contributed by atoms with Crippen molar-refractivity contribution in [2.75, 3.05) is 7.11 Å². The van der Waals surface area contributed by atoms with E-state index in [-0.39, 0.29) is 0 Å². The minimum atomic E-state index is -0.399. The Balaban J connectivity index is 1.56. The van der Waals surface area contributed by atoms with E-state index >= 15 is 0 Å². The standard InChI is InChI=1S/C25H18O4/c1-28-24(26)21-9-7-17(8-10-21)15-22-16-23(29-25(22)27)20-13-11-19(12-14-20)18-5-3-2-4-6-18/h2-16H,1H3/b22-15+. The molecule has 1 heterocycles. The summed E-state index contributed by atoms with van der Waals surface area (Å²) in [6, 6.07) is 24.8. The van der Waals surface area contributed by atoms with Crippen molar-refractivity contribution >= 4 is 23.8 Å². The molecule has 142 valence electrons. The summed E-state index contributed by atoms with van der Waals surface area (Å²) < 4.78 is 10.1. The van der Waals surface area contributed by atoms with Gasteiger partial charge in [0, 0.05) is 5.56 Å². The maximum atomic E-state index is 12.3. The largest absolute Gasteiger partial charge is 0.465 e. The summed E-state index contributed by atoms with van der Waals surface area (Å²) in [6.07, 6.45) is 3.46. The third-order valence-electron chi connectivity index (χ3n) is 4.66. The Hall–Kier alpha value is -3.92. The monoisotopic (exact) mass is 382 g/mol. The smallest absolute Gasteiger partial charge is 0.343 e. The fourth-order valence-electron chi connectivity index (χ4n) is 3.10. The molecule has 29 heavy (non-hydrogen) atoms. The molecule has 4 nitrogen and oxygen atoms in total. The molecule has 0 atom stereocenters. The average Bonchev–Trinajstić information content (AvgIpc) is 3.14. The van der Waals surface area contributed by atoms with Crippen LogP contribution in [0.5, 0.6) is 0 Å². The number of benzene rings is 3. The first-order valence-corrected chi connectivity index (χ1v) is 9.14. The van der Waals surface area contributed by atoms with Gasteiger partial charge in [-0.25, -0.2) is 9.59 Å². The van der Waals surface area contributed by atoms with Crippen LogP contribution in [0.2, 0.25) is 0 Å². The Labute approximate surface area is 168 Å². The van der Waals surface area contributed by atoms with Gasteiger partial charge in [0.15, 0.2) is 0 Å². The van der Waals surface area contributed by atoms with Crippen molar-refractivity contribution in [3.63, 3.8) is 0 Å². The lowest BCUT2D eigenvalue weighted by molar-refractivity contribution is -0.130. The van der Waals surface area contributed by atoms with Gasteiger partial charge >= 0.3 is 11.9 Å². The third-order valence-corrected chi connectivity index (χ3v) is 4.66. The molecule has 4 heteroatoms. The van der Waals surface area contributed by atoms with Gasteiger partial charge in [-0.15, -0.1) is 0 Å². The highest BCUT2D eigenvalue weighted by Crippen LogP contribution is 2.29. The molecular weight excluding hydrogens is 364 g/mol. The van der Waals surface area contributed by atoms with Gasteiger partial charge in [0.2, 0.25) is 0 Å². The Morgan fingerprint density at radius 2 is 1.45 bits per heavy atom. The summed E-state index contributed by atoms with van der Waals surface area (Å²) in [7, 11) is 1.34. The Kier molecular flexibility index (Phi) is 5.08. The summed E-state index contributed by atoms with van der Waals surface area (Å²) in [5.74, 6) is -0.276. The molecule has 0 saturated heterocycles. The van der Waals surface area contributed by atoms with Gasteiger partial charge in [-0.1, -0.05) is 66.7 Å². The van der Waals surface area contributed by atoms with Crippen LogP contribution in [0.25, 0.3) is 23.0 Å². The summed E-state index contributed by atoms with van der Waals surface area (Å²) >= 11 is 0.